The second kappa shape index (κ2) is 7.11. The Morgan fingerprint density at radius 3 is 2.67 bits per heavy atom. The summed E-state index contributed by atoms with van der Waals surface area (Å²) in [5.74, 6) is -1.14. The van der Waals surface area contributed by atoms with E-state index in [1.165, 1.54) is 12.7 Å². The normalized spacial score (nSPS) is 21.9. The highest BCUT2D eigenvalue weighted by Gasteiger charge is 2.34. The molecular weight excluding hydrogens is 270 g/mol. The van der Waals surface area contributed by atoms with Gasteiger partial charge in [-0.05, 0) is 31.2 Å². The van der Waals surface area contributed by atoms with Crippen molar-refractivity contribution in [3.8, 4) is 0 Å². The van der Waals surface area contributed by atoms with Crippen molar-refractivity contribution >= 4 is 12.1 Å². The number of aryl methyl sites for hydroxylation is 1. The molecule has 0 aliphatic carbocycles. The molecule has 2 atom stereocenters. The highest BCUT2D eigenvalue weighted by Crippen LogP contribution is 2.27. The molecule has 5 nitrogen and oxygen atoms in total. The van der Waals surface area contributed by atoms with Crippen LogP contribution in [0.5, 0.6) is 0 Å². The van der Waals surface area contributed by atoms with Crippen molar-refractivity contribution in [3.05, 3.63) is 35.9 Å². The molecule has 0 saturated carbocycles. The van der Waals surface area contributed by atoms with E-state index >= 15 is 0 Å². The van der Waals surface area contributed by atoms with Gasteiger partial charge in [0.2, 0.25) is 0 Å². The van der Waals surface area contributed by atoms with Crippen LogP contribution in [0.15, 0.2) is 30.3 Å². The fourth-order valence-corrected chi connectivity index (χ4v) is 2.88. The molecule has 1 fully saturated rings. The molecular formula is C16H21NO4. The topological polar surface area (TPSA) is 66.8 Å². The molecule has 21 heavy (non-hydrogen) atoms. The molecule has 0 aromatic heterocycles. The third-order valence-electron chi connectivity index (χ3n) is 4.08. The van der Waals surface area contributed by atoms with Crippen LogP contribution in [0.1, 0.15) is 24.8 Å². The lowest BCUT2D eigenvalue weighted by molar-refractivity contribution is -0.144. The van der Waals surface area contributed by atoms with Crippen LogP contribution in [0, 0.1) is 5.92 Å². The van der Waals surface area contributed by atoms with E-state index in [1.54, 1.807) is 4.90 Å². The Morgan fingerprint density at radius 1 is 1.33 bits per heavy atom. The SMILES string of the molecule is COC(=O)N1CCC(C(=O)O)CC1CCc1ccccc1. The Morgan fingerprint density at radius 2 is 2.05 bits per heavy atom. The Balaban J connectivity index is 2.02. The molecule has 0 bridgehead atoms. The van der Waals surface area contributed by atoms with Crippen molar-refractivity contribution in [2.75, 3.05) is 13.7 Å². The molecule has 5 heteroatoms. The quantitative estimate of drug-likeness (QED) is 0.925. The number of hydrogen-bond acceptors (Lipinski definition) is 3. The summed E-state index contributed by atoms with van der Waals surface area (Å²) in [7, 11) is 1.36. The zero-order valence-electron chi connectivity index (χ0n) is 12.2. The van der Waals surface area contributed by atoms with Crippen LogP contribution in [0.2, 0.25) is 0 Å². The minimum absolute atomic E-state index is 0.0764. The standard InChI is InChI=1S/C16H21NO4/c1-21-16(20)17-10-9-13(15(18)19)11-14(17)8-7-12-5-3-2-4-6-12/h2-6,13-14H,7-11H2,1H3,(H,18,19). The van der Waals surface area contributed by atoms with Gasteiger partial charge in [-0.25, -0.2) is 4.79 Å². The molecule has 0 spiro atoms. The minimum atomic E-state index is -0.774. The first-order chi connectivity index (χ1) is 10.1. The van der Waals surface area contributed by atoms with Crippen LogP contribution >= 0.6 is 0 Å². The zero-order valence-corrected chi connectivity index (χ0v) is 12.2. The number of piperidine rings is 1. The summed E-state index contributed by atoms with van der Waals surface area (Å²) < 4.78 is 4.81. The molecule has 1 aliphatic rings. The van der Waals surface area contributed by atoms with Crippen LogP contribution < -0.4 is 0 Å². The molecule has 1 saturated heterocycles. The van der Waals surface area contributed by atoms with E-state index in [2.05, 4.69) is 0 Å². The molecule has 1 aromatic carbocycles. The Labute approximate surface area is 124 Å². The largest absolute Gasteiger partial charge is 0.481 e. The number of ether oxygens (including phenoxy) is 1. The van der Waals surface area contributed by atoms with E-state index in [0.29, 0.717) is 19.4 Å². The number of aliphatic carboxylic acids is 1. The minimum Gasteiger partial charge on any atom is -0.481 e. The molecule has 2 unspecified atom stereocenters. The van der Waals surface area contributed by atoms with Gasteiger partial charge in [-0.2, -0.15) is 0 Å². The molecule has 1 N–H and O–H groups in total. The highest BCUT2D eigenvalue weighted by molar-refractivity contribution is 5.72. The van der Waals surface area contributed by atoms with Crippen LogP contribution in [0.4, 0.5) is 4.79 Å². The van der Waals surface area contributed by atoms with Crippen molar-refractivity contribution in [2.24, 2.45) is 5.92 Å². The fourth-order valence-electron chi connectivity index (χ4n) is 2.88. The summed E-state index contributed by atoms with van der Waals surface area (Å²) in [5, 5.41) is 9.19. The van der Waals surface area contributed by atoms with Gasteiger partial charge in [-0.15, -0.1) is 0 Å². The maximum atomic E-state index is 11.8. The number of hydrogen-bond donors (Lipinski definition) is 1. The van der Waals surface area contributed by atoms with Crippen molar-refractivity contribution in [3.63, 3.8) is 0 Å². The van der Waals surface area contributed by atoms with Crippen molar-refractivity contribution in [1.29, 1.82) is 0 Å². The molecule has 1 heterocycles. The third-order valence-corrected chi connectivity index (χ3v) is 4.08. The monoisotopic (exact) mass is 291 g/mol. The lowest BCUT2D eigenvalue weighted by atomic mass is 9.88. The first-order valence-corrected chi connectivity index (χ1v) is 7.23. The van der Waals surface area contributed by atoms with Gasteiger partial charge in [0.15, 0.2) is 0 Å². The summed E-state index contributed by atoms with van der Waals surface area (Å²) in [4.78, 5) is 24.7. The van der Waals surface area contributed by atoms with Crippen LogP contribution in [-0.2, 0) is 16.0 Å². The lowest BCUT2D eigenvalue weighted by Crippen LogP contribution is -2.47. The van der Waals surface area contributed by atoms with Gasteiger partial charge in [0.1, 0.15) is 0 Å². The molecule has 0 radical (unpaired) electrons. The van der Waals surface area contributed by atoms with Gasteiger partial charge in [-0.3, -0.25) is 4.79 Å². The second-order valence-electron chi connectivity index (χ2n) is 5.40. The number of nitrogens with zero attached hydrogens (tertiary/aromatic N) is 1. The predicted octanol–water partition coefficient (Wildman–Crippen LogP) is 2.55. The average Bonchev–Trinajstić information content (AvgIpc) is 2.52. The van der Waals surface area contributed by atoms with Gasteiger partial charge >= 0.3 is 12.1 Å². The van der Waals surface area contributed by atoms with E-state index in [4.69, 9.17) is 4.74 Å². The number of methoxy groups -OCH3 is 1. The summed E-state index contributed by atoms with van der Waals surface area (Å²) in [5.41, 5.74) is 1.19. The Bertz CT molecular complexity index is 488. The smallest absolute Gasteiger partial charge is 0.409 e. The van der Waals surface area contributed by atoms with E-state index in [-0.39, 0.29) is 18.1 Å². The van der Waals surface area contributed by atoms with Crippen molar-refractivity contribution < 1.29 is 19.4 Å². The highest BCUT2D eigenvalue weighted by atomic mass is 16.5. The maximum absolute atomic E-state index is 11.8. The van der Waals surface area contributed by atoms with E-state index < -0.39 is 5.97 Å². The number of carboxylic acid groups (broad SMARTS) is 1. The maximum Gasteiger partial charge on any atom is 0.409 e. The van der Waals surface area contributed by atoms with E-state index in [9.17, 15) is 14.7 Å². The van der Waals surface area contributed by atoms with Crippen LogP contribution in [-0.4, -0.2) is 41.8 Å². The van der Waals surface area contributed by atoms with Gasteiger partial charge in [-0.1, -0.05) is 30.3 Å². The number of amides is 1. The number of benzene rings is 1. The number of rotatable bonds is 4. The van der Waals surface area contributed by atoms with E-state index in [0.717, 1.165) is 12.8 Å². The molecule has 1 amide bonds. The number of carbonyl (C=O) groups excluding carboxylic acids is 1. The number of carbonyl (C=O) groups is 2. The summed E-state index contributed by atoms with van der Waals surface area (Å²) in [6, 6.07) is 9.93. The second-order valence-corrected chi connectivity index (χ2v) is 5.40. The van der Waals surface area contributed by atoms with Crippen molar-refractivity contribution in [1.82, 2.24) is 4.90 Å². The molecule has 1 aromatic rings. The summed E-state index contributed by atoms with van der Waals surface area (Å²) >= 11 is 0. The van der Waals surface area contributed by atoms with Gasteiger partial charge in [0.25, 0.3) is 0 Å². The lowest BCUT2D eigenvalue weighted by Gasteiger charge is -2.37. The average molecular weight is 291 g/mol. The number of carboxylic acids is 1. The first kappa shape index (κ1) is 15.4. The molecule has 2 rings (SSSR count). The van der Waals surface area contributed by atoms with Crippen LogP contribution in [0.3, 0.4) is 0 Å². The first-order valence-electron chi connectivity index (χ1n) is 7.23. The predicted molar refractivity (Wildman–Crippen MR) is 78.0 cm³/mol. The van der Waals surface area contributed by atoms with Crippen molar-refractivity contribution in [2.45, 2.75) is 31.7 Å². The summed E-state index contributed by atoms with van der Waals surface area (Å²) in [6.07, 6.45) is 2.20. The zero-order chi connectivity index (χ0) is 15.2. The van der Waals surface area contributed by atoms with E-state index in [1.807, 2.05) is 30.3 Å². The van der Waals surface area contributed by atoms with Gasteiger partial charge in [0, 0.05) is 12.6 Å². The third kappa shape index (κ3) is 3.97. The molecule has 114 valence electrons. The molecule has 1 aliphatic heterocycles. The fraction of sp³-hybridized carbons (Fsp3) is 0.500. The summed E-state index contributed by atoms with van der Waals surface area (Å²) in [6.45, 7) is 0.448. The van der Waals surface area contributed by atoms with Crippen LogP contribution in [0.25, 0.3) is 0 Å². The van der Waals surface area contributed by atoms with Gasteiger partial charge < -0.3 is 14.7 Å². The number of likely N-dealkylation sites (tertiary alicyclic amines) is 1. The Kier molecular flexibility index (Phi) is 5.20. The van der Waals surface area contributed by atoms with Gasteiger partial charge in [0.05, 0.1) is 13.0 Å². The Hall–Kier alpha value is -2.04.